The number of hydrogen-bond donors (Lipinski definition) is 2. The van der Waals surface area contributed by atoms with Crippen molar-refractivity contribution in [2.24, 2.45) is 5.92 Å². The maximum absolute atomic E-state index is 12.2. The molecule has 19 heavy (non-hydrogen) atoms. The number of carbonyl (C=O) groups is 2. The van der Waals surface area contributed by atoms with Crippen molar-refractivity contribution >= 4 is 27.8 Å². The molecule has 102 valence electrons. The fourth-order valence-corrected chi connectivity index (χ4v) is 2.77. The molecule has 2 rings (SSSR count). The highest BCUT2D eigenvalue weighted by atomic mass is 79.9. The third-order valence-electron chi connectivity index (χ3n) is 3.58. The first-order chi connectivity index (χ1) is 8.84. The first kappa shape index (κ1) is 14.1. The van der Waals surface area contributed by atoms with Crippen LogP contribution >= 0.6 is 15.9 Å². The molecule has 1 aromatic rings. The van der Waals surface area contributed by atoms with E-state index in [4.69, 9.17) is 0 Å². The Kier molecular flexibility index (Phi) is 3.67. The summed E-state index contributed by atoms with van der Waals surface area (Å²) in [5, 5.41) is 12.0. The Morgan fingerprint density at radius 3 is 2.53 bits per heavy atom. The molecule has 0 bridgehead atoms. The van der Waals surface area contributed by atoms with Crippen LogP contribution in [-0.2, 0) is 4.79 Å². The molecule has 0 saturated heterocycles. The molecule has 1 aliphatic rings. The van der Waals surface area contributed by atoms with E-state index in [1.54, 1.807) is 13.0 Å². The van der Waals surface area contributed by atoms with Crippen molar-refractivity contribution in [1.82, 2.24) is 5.32 Å². The zero-order valence-corrected chi connectivity index (χ0v) is 12.5. The minimum absolute atomic E-state index is 0.0261. The highest BCUT2D eigenvalue weighted by Crippen LogP contribution is 2.40. The van der Waals surface area contributed by atoms with Crippen molar-refractivity contribution < 1.29 is 14.7 Å². The molecule has 1 saturated carbocycles. The quantitative estimate of drug-likeness (QED) is 0.894. The van der Waals surface area contributed by atoms with Crippen LogP contribution in [0, 0.1) is 12.8 Å². The van der Waals surface area contributed by atoms with E-state index in [-0.39, 0.29) is 11.8 Å². The number of benzene rings is 1. The van der Waals surface area contributed by atoms with Crippen LogP contribution in [0.5, 0.6) is 0 Å². The molecule has 0 aromatic heterocycles. The Morgan fingerprint density at radius 1 is 1.42 bits per heavy atom. The maximum Gasteiger partial charge on any atom is 0.329 e. The normalized spacial score (nSPS) is 17.6. The average molecular weight is 326 g/mol. The summed E-state index contributed by atoms with van der Waals surface area (Å²) in [4.78, 5) is 23.6. The monoisotopic (exact) mass is 325 g/mol. The lowest BCUT2D eigenvalue weighted by molar-refractivity contribution is -0.144. The van der Waals surface area contributed by atoms with Crippen LogP contribution in [-0.4, -0.2) is 22.5 Å². The van der Waals surface area contributed by atoms with Gasteiger partial charge in [-0.15, -0.1) is 0 Å². The molecule has 1 unspecified atom stereocenters. The number of carboxylic acids is 1. The van der Waals surface area contributed by atoms with Gasteiger partial charge in [0.1, 0.15) is 5.54 Å². The van der Waals surface area contributed by atoms with Gasteiger partial charge in [0, 0.05) is 4.47 Å². The Bertz CT molecular complexity index is 539. The lowest BCUT2D eigenvalue weighted by Crippen LogP contribution is -2.54. The van der Waals surface area contributed by atoms with Crippen molar-refractivity contribution in [3.05, 3.63) is 33.8 Å². The second kappa shape index (κ2) is 4.96. The number of aliphatic carboxylic acids is 1. The topological polar surface area (TPSA) is 66.4 Å². The van der Waals surface area contributed by atoms with Crippen molar-refractivity contribution in [3.63, 3.8) is 0 Å². The van der Waals surface area contributed by atoms with Crippen LogP contribution in [0.2, 0.25) is 0 Å². The van der Waals surface area contributed by atoms with Crippen LogP contribution in [0.1, 0.15) is 35.7 Å². The summed E-state index contributed by atoms with van der Waals surface area (Å²) in [5.74, 6) is -1.31. The zero-order chi connectivity index (χ0) is 14.2. The lowest BCUT2D eigenvalue weighted by Gasteiger charge is -2.26. The number of halogens is 1. The molecule has 1 amide bonds. The first-order valence-corrected chi connectivity index (χ1v) is 6.96. The van der Waals surface area contributed by atoms with Gasteiger partial charge in [-0.25, -0.2) is 4.79 Å². The Balaban J connectivity index is 2.22. The summed E-state index contributed by atoms with van der Waals surface area (Å²) in [6.07, 6.45) is 1.69. The lowest BCUT2D eigenvalue weighted by atomic mass is 9.95. The molecular formula is C14H16BrNO3. The van der Waals surface area contributed by atoms with Crippen molar-refractivity contribution in [2.75, 3.05) is 0 Å². The van der Waals surface area contributed by atoms with Gasteiger partial charge in [0.15, 0.2) is 0 Å². The summed E-state index contributed by atoms with van der Waals surface area (Å²) < 4.78 is 0.675. The van der Waals surface area contributed by atoms with E-state index in [0.717, 1.165) is 18.4 Å². The first-order valence-electron chi connectivity index (χ1n) is 6.16. The van der Waals surface area contributed by atoms with Crippen molar-refractivity contribution in [1.29, 1.82) is 0 Å². The van der Waals surface area contributed by atoms with Crippen LogP contribution in [0.25, 0.3) is 0 Å². The fourth-order valence-electron chi connectivity index (χ4n) is 2.10. The van der Waals surface area contributed by atoms with Gasteiger partial charge in [-0.05, 0) is 66.2 Å². The summed E-state index contributed by atoms with van der Waals surface area (Å²) >= 11 is 3.34. The number of nitrogens with one attached hydrogen (secondary N) is 1. The zero-order valence-electron chi connectivity index (χ0n) is 10.9. The third kappa shape index (κ3) is 2.81. The second-order valence-electron chi connectivity index (χ2n) is 5.22. The number of amides is 1. The van der Waals surface area contributed by atoms with E-state index in [1.807, 2.05) is 19.1 Å². The smallest absolute Gasteiger partial charge is 0.329 e. The van der Waals surface area contributed by atoms with E-state index < -0.39 is 11.5 Å². The van der Waals surface area contributed by atoms with Gasteiger partial charge in [0.25, 0.3) is 5.91 Å². The maximum atomic E-state index is 12.2. The fraction of sp³-hybridized carbons (Fsp3) is 0.429. The molecular weight excluding hydrogens is 310 g/mol. The number of carboxylic acid groups (broad SMARTS) is 1. The molecule has 0 radical (unpaired) electrons. The highest BCUT2D eigenvalue weighted by Gasteiger charge is 2.48. The molecule has 0 heterocycles. The molecule has 0 aliphatic heterocycles. The summed E-state index contributed by atoms with van der Waals surface area (Å²) in [7, 11) is 0. The molecule has 1 atom stereocenters. The summed E-state index contributed by atoms with van der Waals surface area (Å²) in [6.45, 7) is 3.50. The molecule has 0 spiro atoms. The number of rotatable bonds is 4. The molecule has 5 heteroatoms. The van der Waals surface area contributed by atoms with Crippen LogP contribution in [0.3, 0.4) is 0 Å². The molecule has 1 aliphatic carbocycles. The van der Waals surface area contributed by atoms with Crippen LogP contribution < -0.4 is 5.32 Å². The Labute approximate surface area is 120 Å². The highest BCUT2D eigenvalue weighted by molar-refractivity contribution is 9.10. The average Bonchev–Trinajstić information content (AvgIpc) is 3.11. The van der Waals surface area contributed by atoms with Crippen LogP contribution in [0.4, 0.5) is 0 Å². The van der Waals surface area contributed by atoms with Gasteiger partial charge in [0.2, 0.25) is 0 Å². The Hall–Kier alpha value is -1.36. The van der Waals surface area contributed by atoms with Crippen LogP contribution in [0.15, 0.2) is 22.7 Å². The van der Waals surface area contributed by atoms with Gasteiger partial charge in [0.05, 0.1) is 5.56 Å². The van der Waals surface area contributed by atoms with Gasteiger partial charge in [-0.2, -0.15) is 0 Å². The number of aryl methyl sites for hydroxylation is 1. The van der Waals surface area contributed by atoms with E-state index in [1.165, 1.54) is 0 Å². The molecule has 4 nitrogen and oxygen atoms in total. The van der Waals surface area contributed by atoms with Gasteiger partial charge >= 0.3 is 5.97 Å². The molecule has 1 fully saturated rings. The minimum Gasteiger partial charge on any atom is -0.480 e. The Morgan fingerprint density at radius 2 is 2.05 bits per heavy atom. The van der Waals surface area contributed by atoms with Gasteiger partial charge in [-0.3, -0.25) is 4.79 Å². The second-order valence-corrected chi connectivity index (χ2v) is 6.07. The predicted molar refractivity (Wildman–Crippen MR) is 75.1 cm³/mol. The van der Waals surface area contributed by atoms with Crippen molar-refractivity contribution in [3.8, 4) is 0 Å². The van der Waals surface area contributed by atoms with E-state index >= 15 is 0 Å². The van der Waals surface area contributed by atoms with Crippen molar-refractivity contribution in [2.45, 2.75) is 32.2 Å². The predicted octanol–water partition coefficient (Wildman–Crippen LogP) is 2.74. The summed E-state index contributed by atoms with van der Waals surface area (Å²) in [5.41, 5.74) is 0.312. The van der Waals surface area contributed by atoms with Gasteiger partial charge in [-0.1, -0.05) is 6.07 Å². The largest absolute Gasteiger partial charge is 0.480 e. The van der Waals surface area contributed by atoms with E-state index in [9.17, 15) is 14.7 Å². The number of carbonyl (C=O) groups excluding carboxylic acids is 1. The van der Waals surface area contributed by atoms with E-state index in [2.05, 4.69) is 21.2 Å². The molecule has 2 N–H and O–H groups in total. The summed E-state index contributed by atoms with van der Waals surface area (Å²) in [6, 6.07) is 5.36. The third-order valence-corrected chi connectivity index (χ3v) is 4.24. The van der Waals surface area contributed by atoms with Gasteiger partial charge < -0.3 is 10.4 Å². The van der Waals surface area contributed by atoms with E-state index in [0.29, 0.717) is 10.0 Å². The molecule has 1 aromatic carbocycles. The standard InChI is InChI=1S/C14H16BrNO3/c1-8-3-6-10(11(15)7-8)12(17)16-14(2,13(18)19)9-4-5-9/h3,6-7,9H,4-5H2,1-2H3,(H,16,17)(H,18,19). The SMILES string of the molecule is Cc1ccc(C(=O)NC(C)(C(=O)O)C2CC2)c(Br)c1. The minimum atomic E-state index is -1.18. The number of hydrogen-bond acceptors (Lipinski definition) is 2.